The van der Waals surface area contributed by atoms with Gasteiger partial charge in [-0.3, -0.25) is 15.4 Å². The molecule has 6 nitrogen and oxygen atoms in total. The van der Waals surface area contributed by atoms with Gasteiger partial charge in [0.2, 0.25) is 0 Å². The molecule has 0 bridgehead atoms. The maximum atomic E-state index is 11.1. The molecule has 146 valence electrons. The van der Waals surface area contributed by atoms with Gasteiger partial charge in [0.15, 0.2) is 0 Å². The molecule has 0 spiro atoms. The monoisotopic (exact) mass is 386 g/mol. The predicted molar refractivity (Wildman–Crippen MR) is 112 cm³/mol. The van der Waals surface area contributed by atoms with Crippen LogP contribution in [-0.2, 0) is 4.79 Å². The van der Waals surface area contributed by atoms with Gasteiger partial charge in [-0.05, 0) is 35.4 Å². The number of nitrogens with one attached hydrogen (secondary N) is 3. The van der Waals surface area contributed by atoms with E-state index in [0.29, 0.717) is 5.56 Å². The van der Waals surface area contributed by atoms with E-state index in [9.17, 15) is 4.79 Å². The molecule has 0 amide bonds. The molecule has 0 saturated heterocycles. The van der Waals surface area contributed by atoms with Crippen LogP contribution in [0.1, 0.15) is 22.7 Å². The summed E-state index contributed by atoms with van der Waals surface area (Å²) < 4.78 is 0. The van der Waals surface area contributed by atoms with Crippen molar-refractivity contribution in [1.29, 1.82) is 5.26 Å². The van der Waals surface area contributed by atoms with Gasteiger partial charge >= 0.3 is 5.97 Å². The highest BCUT2D eigenvalue weighted by molar-refractivity contribution is 5.69. The summed E-state index contributed by atoms with van der Waals surface area (Å²) in [5, 5.41) is 27.8. The number of hydrogen-bond donors (Lipinski definition) is 4. The Hall–Kier alpha value is -3.66. The molecule has 3 aromatic rings. The van der Waals surface area contributed by atoms with Gasteiger partial charge < -0.3 is 10.4 Å². The molecule has 1 atom stereocenters. The topological polar surface area (TPSA) is 97.2 Å². The van der Waals surface area contributed by atoms with Gasteiger partial charge in [-0.2, -0.15) is 5.26 Å². The Labute approximate surface area is 169 Å². The lowest BCUT2D eigenvalue weighted by molar-refractivity contribution is -0.136. The zero-order chi connectivity index (χ0) is 20.5. The maximum Gasteiger partial charge on any atom is 0.317 e. The van der Waals surface area contributed by atoms with Crippen molar-refractivity contribution in [3.63, 3.8) is 0 Å². The van der Waals surface area contributed by atoms with E-state index < -0.39 is 12.3 Å². The number of hydrogen-bond acceptors (Lipinski definition) is 5. The van der Waals surface area contributed by atoms with Crippen LogP contribution < -0.4 is 16.0 Å². The molecule has 29 heavy (non-hydrogen) atoms. The first-order valence-corrected chi connectivity index (χ1v) is 9.23. The van der Waals surface area contributed by atoms with Gasteiger partial charge in [-0.1, -0.05) is 60.7 Å². The molecule has 3 aromatic carbocycles. The van der Waals surface area contributed by atoms with E-state index in [4.69, 9.17) is 10.4 Å². The normalized spacial score (nSPS) is 11.6. The molecule has 6 heteroatoms. The van der Waals surface area contributed by atoms with Crippen molar-refractivity contribution in [2.75, 3.05) is 11.9 Å². The number of rotatable bonds is 9. The molecular formula is C23H22N4O2. The zero-order valence-corrected chi connectivity index (χ0v) is 15.7. The first-order chi connectivity index (χ1) is 14.2. The first kappa shape index (κ1) is 20.1. The smallest absolute Gasteiger partial charge is 0.317 e. The molecule has 1 unspecified atom stereocenters. The number of carbonyl (C=O) groups is 1. The van der Waals surface area contributed by atoms with Crippen molar-refractivity contribution in [1.82, 2.24) is 10.6 Å². The van der Waals surface area contributed by atoms with E-state index in [1.54, 1.807) is 24.3 Å². The van der Waals surface area contributed by atoms with Crippen LogP contribution in [0.5, 0.6) is 0 Å². The number of nitriles is 1. The first-order valence-electron chi connectivity index (χ1n) is 9.23. The fourth-order valence-corrected chi connectivity index (χ4v) is 2.99. The van der Waals surface area contributed by atoms with E-state index in [-0.39, 0.29) is 12.6 Å². The molecule has 0 heterocycles. The zero-order valence-electron chi connectivity index (χ0n) is 15.7. The summed E-state index contributed by atoms with van der Waals surface area (Å²) in [5.41, 5.74) is 3.44. The molecule has 0 radical (unpaired) electrons. The maximum absolute atomic E-state index is 11.1. The molecule has 0 aliphatic carbocycles. The lowest BCUT2D eigenvalue weighted by atomic mass is 9.99. The van der Waals surface area contributed by atoms with E-state index in [2.05, 4.69) is 22.0 Å². The van der Waals surface area contributed by atoms with Crippen LogP contribution in [0.15, 0.2) is 84.9 Å². The quantitative estimate of drug-likeness (QED) is 0.421. The Morgan fingerprint density at radius 2 is 1.45 bits per heavy atom. The average molecular weight is 386 g/mol. The second-order valence-electron chi connectivity index (χ2n) is 6.46. The number of aliphatic carboxylic acids is 1. The molecule has 4 N–H and O–H groups in total. The van der Waals surface area contributed by atoms with Crippen LogP contribution in [0, 0.1) is 11.3 Å². The molecule has 0 fully saturated rings. The number of carboxylic acids is 1. The van der Waals surface area contributed by atoms with Gasteiger partial charge in [0.25, 0.3) is 0 Å². The standard InChI is InChI=1S/C23H22N4O2/c24-15-17-11-13-20(14-12-17)26-23(25-16-21(28)29)27-22(18-7-3-1-4-8-18)19-9-5-2-6-10-19/h1-14,22-23,25-27H,16H2,(H,28,29). The summed E-state index contributed by atoms with van der Waals surface area (Å²) in [4.78, 5) is 11.1. The van der Waals surface area contributed by atoms with Crippen molar-refractivity contribution < 1.29 is 9.90 Å². The van der Waals surface area contributed by atoms with Crippen molar-refractivity contribution in [3.05, 3.63) is 102 Å². The second-order valence-corrected chi connectivity index (χ2v) is 6.46. The third-order valence-corrected chi connectivity index (χ3v) is 4.38. The van der Waals surface area contributed by atoms with E-state index in [0.717, 1.165) is 16.8 Å². The van der Waals surface area contributed by atoms with E-state index in [1.807, 2.05) is 60.7 Å². The highest BCUT2D eigenvalue weighted by Crippen LogP contribution is 2.22. The van der Waals surface area contributed by atoms with E-state index in [1.165, 1.54) is 0 Å². The van der Waals surface area contributed by atoms with Crippen molar-refractivity contribution in [3.8, 4) is 6.07 Å². The SMILES string of the molecule is N#Cc1ccc(NC(NCC(=O)O)NC(c2ccccc2)c2ccccc2)cc1. The molecule has 0 aromatic heterocycles. The minimum absolute atomic E-state index is 0.158. The summed E-state index contributed by atoms with van der Waals surface area (Å²) in [6, 6.07) is 28.8. The molecular weight excluding hydrogens is 364 g/mol. The van der Waals surface area contributed by atoms with Crippen LogP contribution in [0.3, 0.4) is 0 Å². The summed E-state index contributed by atoms with van der Waals surface area (Å²) in [6.07, 6.45) is -0.524. The van der Waals surface area contributed by atoms with Crippen LogP contribution in [0.25, 0.3) is 0 Å². The van der Waals surface area contributed by atoms with Gasteiger partial charge in [0.05, 0.1) is 24.2 Å². The minimum Gasteiger partial charge on any atom is -0.480 e. The summed E-state index contributed by atoms with van der Waals surface area (Å²) in [5.74, 6) is -0.950. The summed E-state index contributed by atoms with van der Waals surface area (Å²) in [7, 11) is 0. The average Bonchev–Trinajstić information content (AvgIpc) is 2.77. The molecule has 0 aliphatic rings. The fourth-order valence-electron chi connectivity index (χ4n) is 2.99. The van der Waals surface area contributed by atoms with Crippen molar-refractivity contribution >= 4 is 11.7 Å². The van der Waals surface area contributed by atoms with Crippen molar-refractivity contribution in [2.45, 2.75) is 12.3 Å². The van der Waals surface area contributed by atoms with Gasteiger partial charge in [-0.25, -0.2) is 0 Å². The lowest BCUT2D eigenvalue weighted by Crippen LogP contribution is -2.51. The van der Waals surface area contributed by atoms with Crippen LogP contribution in [0.2, 0.25) is 0 Å². The largest absolute Gasteiger partial charge is 0.480 e. The number of anilines is 1. The highest BCUT2D eigenvalue weighted by atomic mass is 16.4. The molecule has 3 rings (SSSR count). The predicted octanol–water partition coefficient (Wildman–Crippen LogP) is 3.31. The molecule has 0 saturated carbocycles. The highest BCUT2D eigenvalue weighted by Gasteiger charge is 2.19. The number of carboxylic acid groups (broad SMARTS) is 1. The molecule has 0 aliphatic heterocycles. The van der Waals surface area contributed by atoms with Crippen molar-refractivity contribution in [2.24, 2.45) is 0 Å². The van der Waals surface area contributed by atoms with Gasteiger partial charge in [0.1, 0.15) is 6.29 Å². The van der Waals surface area contributed by atoms with Crippen LogP contribution >= 0.6 is 0 Å². The Morgan fingerprint density at radius 1 is 0.897 bits per heavy atom. The van der Waals surface area contributed by atoms with Gasteiger partial charge in [-0.15, -0.1) is 0 Å². The Balaban J connectivity index is 1.85. The minimum atomic E-state index is -0.950. The van der Waals surface area contributed by atoms with Crippen LogP contribution in [0.4, 0.5) is 5.69 Å². The van der Waals surface area contributed by atoms with Gasteiger partial charge in [0, 0.05) is 5.69 Å². The second kappa shape index (κ2) is 10.0. The third-order valence-electron chi connectivity index (χ3n) is 4.38. The fraction of sp³-hybridized carbons (Fsp3) is 0.130. The Bertz CT molecular complexity index is 914. The summed E-state index contributed by atoms with van der Waals surface area (Å²) >= 11 is 0. The number of nitrogens with zero attached hydrogens (tertiary/aromatic N) is 1. The third kappa shape index (κ3) is 5.91. The summed E-state index contributed by atoms with van der Waals surface area (Å²) in [6.45, 7) is -0.211. The van der Waals surface area contributed by atoms with Crippen LogP contribution in [-0.4, -0.2) is 23.9 Å². The number of benzene rings is 3. The Kier molecular flexibility index (Phi) is 6.95. The Morgan fingerprint density at radius 3 is 1.93 bits per heavy atom. The lowest BCUT2D eigenvalue weighted by Gasteiger charge is -2.28. The van der Waals surface area contributed by atoms with E-state index >= 15 is 0 Å².